The van der Waals surface area contributed by atoms with Gasteiger partial charge in [0.05, 0.1) is 5.56 Å². The Morgan fingerprint density at radius 1 is 1.19 bits per heavy atom. The summed E-state index contributed by atoms with van der Waals surface area (Å²) in [6.45, 7) is 0.851. The van der Waals surface area contributed by atoms with Crippen molar-refractivity contribution in [2.24, 2.45) is 0 Å². The van der Waals surface area contributed by atoms with Crippen molar-refractivity contribution in [1.29, 1.82) is 0 Å². The van der Waals surface area contributed by atoms with E-state index in [1.54, 1.807) is 12.3 Å². The van der Waals surface area contributed by atoms with Gasteiger partial charge in [-0.1, -0.05) is 12.1 Å². The van der Waals surface area contributed by atoms with Crippen LogP contribution in [0.3, 0.4) is 0 Å². The fraction of sp³-hybridized carbons (Fsp3) is 0.353. The zero-order chi connectivity index (χ0) is 20.6. The Labute approximate surface area is 153 Å². The molecule has 0 atom stereocenters. The van der Waals surface area contributed by atoms with Crippen LogP contribution in [0.2, 0.25) is 0 Å². The first-order valence-corrected chi connectivity index (χ1v) is 7.79. The molecule has 0 fully saturated rings. The number of rotatable bonds is 6. The molecule has 0 radical (unpaired) electrons. The first kappa shape index (κ1) is 22.2. The zero-order valence-corrected chi connectivity index (χ0v) is 14.7. The van der Waals surface area contributed by atoms with Gasteiger partial charge in [0.25, 0.3) is 0 Å². The van der Waals surface area contributed by atoms with Gasteiger partial charge in [-0.3, -0.25) is 9.59 Å². The number of imidazole rings is 1. The molecule has 0 spiro atoms. The summed E-state index contributed by atoms with van der Waals surface area (Å²) in [6.07, 6.45) is -2.70. The Kier molecular flexibility index (Phi) is 7.98. The van der Waals surface area contributed by atoms with Gasteiger partial charge in [0, 0.05) is 30.4 Å². The normalized spacial score (nSPS) is 11.0. The third-order valence-corrected chi connectivity index (χ3v) is 3.22. The molecular weight excluding hydrogens is 367 g/mol. The second kappa shape index (κ2) is 9.72. The van der Waals surface area contributed by atoms with E-state index >= 15 is 0 Å². The third kappa shape index (κ3) is 8.36. The number of likely N-dealkylation sites (N-methyl/N-ethyl adjacent to an activating group) is 1. The van der Waals surface area contributed by atoms with Crippen LogP contribution in [0.4, 0.5) is 13.2 Å². The summed E-state index contributed by atoms with van der Waals surface area (Å²) < 4.78 is 38.0. The van der Waals surface area contributed by atoms with E-state index in [9.17, 15) is 22.8 Å². The molecule has 0 bridgehead atoms. The topological polar surface area (TPSA) is 107 Å². The van der Waals surface area contributed by atoms with Crippen molar-refractivity contribution < 1.29 is 33.0 Å². The molecule has 1 aromatic carbocycles. The van der Waals surface area contributed by atoms with E-state index in [-0.39, 0.29) is 0 Å². The number of hydrogen-bond acceptors (Lipinski definition) is 4. The Morgan fingerprint density at radius 2 is 1.81 bits per heavy atom. The number of carboxylic acid groups (broad SMARTS) is 2. The number of aliphatic carboxylic acids is 2. The number of H-pyrrole nitrogens is 1. The van der Waals surface area contributed by atoms with Gasteiger partial charge >= 0.3 is 18.1 Å². The van der Waals surface area contributed by atoms with Crippen LogP contribution in [0.15, 0.2) is 30.5 Å². The van der Waals surface area contributed by atoms with Gasteiger partial charge in [-0.15, -0.1) is 0 Å². The predicted octanol–water partition coefficient (Wildman–Crippen LogP) is 2.75. The number of halogens is 3. The monoisotopic (exact) mass is 387 g/mol. The number of nitrogens with one attached hydrogen (secondary N) is 1. The van der Waals surface area contributed by atoms with Crippen molar-refractivity contribution in [2.75, 3.05) is 20.6 Å². The number of nitrogens with zero attached hydrogens (tertiary/aromatic N) is 2. The summed E-state index contributed by atoms with van der Waals surface area (Å²) in [5.74, 6) is -2.16. The quantitative estimate of drug-likeness (QED) is 0.658. The highest BCUT2D eigenvalue weighted by Crippen LogP contribution is 2.31. The van der Waals surface area contributed by atoms with Crippen LogP contribution >= 0.6 is 0 Å². The molecule has 27 heavy (non-hydrogen) atoms. The molecular formula is C17H20F3N3O4. The predicted molar refractivity (Wildman–Crippen MR) is 91.2 cm³/mol. The van der Waals surface area contributed by atoms with Crippen LogP contribution in [-0.4, -0.2) is 57.7 Å². The molecule has 0 saturated heterocycles. The van der Waals surface area contributed by atoms with Crippen LogP contribution in [0.5, 0.6) is 0 Å². The van der Waals surface area contributed by atoms with Crippen molar-refractivity contribution in [3.8, 4) is 11.4 Å². The summed E-state index contributed by atoms with van der Waals surface area (Å²) in [5, 5.41) is 15.4. The van der Waals surface area contributed by atoms with Crippen LogP contribution in [0, 0.1) is 0 Å². The molecule has 1 aromatic heterocycles. The molecule has 10 heteroatoms. The van der Waals surface area contributed by atoms with Crippen LogP contribution in [0.25, 0.3) is 11.4 Å². The molecule has 0 unspecified atom stereocenters. The van der Waals surface area contributed by atoms with Crippen molar-refractivity contribution in [2.45, 2.75) is 19.0 Å². The molecule has 3 N–H and O–H groups in total. The average molecular weight is 387 g/mol. The molecule has 0 amide bonds. The highest BCUT2D eigenvalue weighted by Gasteiger charge is 2.30. The molecule has 148 valence electrons. The Bertz CT molecular complexity index is 761. The minimum Gasteiger partial charge on any atom is -0.481 e. The van der Waals surface area contributed by atoms with Gasteiger partial charge in [-0.05, 0) is 26.2 Å². The number of carboxylic acids is 2. The lowest BCUT2D eigenvalue weighted by Crippen LogP contribution is -2.15. The van der Waals surface area contributed by atoms with Crippen LogP contribution < -0.4 is 0 Å². The first-order chi connectivity index (χ1) is 12.5. The van der Waals surface area contributed by atoms with E-state index in [2.05, 4.69) is 9.97 Å². The third-order valence-electron chi connectivity index (χ3n) is 3.22. The van der Waals surface area contributed by atoms with E-state index < -0.39 is 30.1 Å². The molecule has 2 aromatic rings. The lowest BCUT2D eigenvalue weighted by atomic mass is 10.1. The maximum atomic E-state index is 12.7. The van der Waals surface area contributed by atoms with Gasteiger partial charge in [0.1, 0.15) is 12.2 Å². The van der Waals surface area contributed by atoms with Crippen LogP contribution in [0.1, 0.15) is 17.7 Å². The Hall–Kier alpha value is -2.88. The SMILES string of the molecule is CN(C)CCc1cnc(-c2cccc(C(F)(F)F)c2)[nH]1.O=C(O)CC(=O)O. The number of aromatic amines is 1. The van der Waals surface area contributed by atoms with Crippen LogP contribution in [-0.2, 0) is 22.2 Å². The first-order valence-electron chi connectivity index (χ1n) is 7.79. The maximum absolute atomic E-state index is 12.7. The number of hydrogen-bond donors (Lipinski definition) is 3. The second-order valence-corrected chi connectivity index (χ2v) is 5.85. The summed E-state index contributed by atoms with van der Waals surface area (Å²) in [5.41, 5.74) is 0.684. The number of carbonyl (C=O) groups is 2. The summed E-state index contributed by atoms with van der Waals surface area (Å²) >= 11 is 0. The van der Waals surface area contributed by atoms with Gasteiger partial charge in [-0.2, -0.15) is 13.2 Å². The number of alkyl halides is 3. The van der Waals surface area contributed by atoms with Gasteiger partial charge in [0.2, 0.25) is 0 Å². The van der Waals surface area contributed by atoms with E-state index in [1.165, 1.54) is 6.07 Å². The zero-order valence-electron chi connectivity index (χ0n) is 14.7. The number of aromatic nitrogens is 2. The lowest BCUT2D eigenvalue weighted by Gasteiger charge is -2.08. The minimum atomic E-state index is -4.34. The Morgan fingerprint density at radius 3 is 2.30 bits per heavy atom. The lowest BCUT2D eigenvalue weighted by molar-refractivity contribution is -0.147. The molecule has 0 aliphatic heterocycles. The average Bonchev–Trinajstić information content (AvgIpc) is 3.00. The molecule has 0 aliphatic rings. The summed E-state index contributed by atoms with van der Waals surface area (Å²) in [6, 6.07) is 5.16. The van der Waals surface area contributed by atoms with Gasteiger partial charge < -0.3 is 20.1 Å². The molecule has 2 rings (SSSR count). The largest absolute Gasteiger partial charge is 0.481 e. The minimum absolute atomic E-state index is 0.441. The van der Waals surface area contributed by atoms with Gasteiger partial charge in [0.15, 0.2) is 0 Å². The summed E-state index contributed by atoms with van der Waals surface area (Å²) in [7, 11) is 3.92. The van der Waals surface area contributed by atoms with Crippen molar-refractivity contribution >= 4 is 11.9 Å². The van der Waals surface area contributed by atoms with E-state index in [0.717, 1.165) is 30.8 Å². The summed E-state index contributed by atoms with van der Waals surface area (Å²) in [4.78, 5) is 28.1. The highest BCUT2D eigenvalue weighted by atomic mass is 19.4. The van der Waals surface area contributed by atoms with E-state index in [0.29, 0.717) is 11.4 Å². The van der Waals surface area contributed by atoms with E-state index in [4.69, 9.17) is 10.2 Å². The maximum Gasteiger partial charge on any atom is 0.416 e. The van der Waals surface area contributed by atoms with Crippen molar-refractivity contribution in [1.82, 2.24) is 14.9 Å². The second-order valence-electron chi connectivity index (χ2n) is 5.85. The number of benzene rings is 1. The molecule has 7 nitrogen and oxygen atoms in total. The molecule has 0 saturated carbocycles. The molecule has 1 heterocycles. The molecule has 0 aliphatic carbocycles. The van der Waals surface area contributed by atoms with Crippen molar-refractivity contribution in [3.05, 3.63) is 41.7 Å². The fourth-order valence-corrected chi connectivity index (χ4v) is 1.95. The van der Waals surface area contributed by atoms with E-state index in [1.807, 2.05) is 19.0 Å². The fourth-order valence-electron chi connectivity index (χ4n) is 1.95. The standard InChI is InChI=1S/C14H16F3N3.C3H4O4/c1-20(2)7-6-12-9-18-13(19-12)10-4-3-5-11(8-10)14(15,16)17;4-2(5)1-3(6)7/h3-5,8-9H,6-7H2,1-2H3,(H,18,19);1H2,(H,4,5)(H,6,7). The van der Waals surface area contributed by atoms with Gasteiger partial charge in [-0.25, -0.2) is 4.98 Å². The highest BCUT2D eigenvalue weighted by molar-refractivity contribution is 5.88. The smallest absolute Gasteiger partial charge is 0.416 e. The Balaban J connectivity index is 0.000000445. The van der Waals surface area contributed by atoms with Crippen molar-refractivity contribution in [3.63, 3.8) is 0 Å².